The lowest BCUT2D eigenvalue weighted by Crippen LogP contribution is -2.34. The molecule has 114 valence electrons. The van der Waals surface area contributed by atoms with Gasteiger partial charge >= 0.3 is 5.69 Å². The zero-order valence-corrected chi connectivity index (χ0v) is 12.2. The molecule has 2 aromatic heterocycles. The molecule has 2 heterocycles. The molecule has 0 spiro atoms. The maximum Gasteiger partial charge on any atom is 0.330 e. The van der Waals surface area contributed by atoms with Crippen LogP contribution in [0.15, 0.2) is 22.0 Å². The second-order valence-electron chi connectivity index (χ2n) is 4.90. The zero-order chi connectivity index (χ0) is 15.4. The lowest BCUT2D eigenvalue weighted by molar-refractivity contribution is 0.605. The van der Waals surface area contributed by atoms with Crippen LogP contribution >= 0.6 is 0 Å². The molecule has 0 saturated carbocycles. The highest BCUT2D eigenvalue weighted by Crippen LogP contribution is 2.12. The van der Waals surface area contributed by atoms with Crippen molar-refractivity contribution in [3.8, 4) is 0 Å². The Morgan fingerprint density at radius 3 is 2.81 bits per heavy atom. The Bertz CT molecular complexity index is 727. The Morgan fingerprint density at radius 2 is 2.19 bits per heavy atom. The number of H-pyrrole nitrogens is 1. The van der Waals surface area contributed by atoms with E-state index in [9.17, 15) is 9.59 Å². The summed E-state index contributed by atoms with van der Waals surface area (Å²) in [5.41, 5.74) is 6.11. The van der Waals surface area contributed by atoms with Crippen LogP contribution in [-0.4, -0.2) is 19.3 Å². The fourth-order valence-electron chi connectivity index (χ4n) is 2.05. The van der Waals surface area contributed by atoms with Gasteiger partial charge in [0, 0.05) is 31.9 Å². The molecule has 0 aliphatic rings. The van der Waals surface area contributed by atoms with Gasteiger partial charge in [0.1, 0.15) is 11.5 Å². The zero-order valence-electron chi connectivity index (χ0n) is 12.2. The number of rotatable bonds is 6. The molecular formula is C13H20N6O2. The molecule has 0 fully saturated rings. The molecule has 0 aromatic carbocycles. The Morgan fingerprint density at radius 1 is 1.43 bits per heavy atom. The van der Waals surface area contributed by atoms with Crippen LogP contribution in [0.1, 0.15) is 25.3 Å². The van der Waals surface area contributed by atoms with Crippen molar-refractivity contribution < 1.29 is 0 Å². The fraction of sp³-hybridized carbons (Fsp3) is 0.462. The Kier molecular flexibility index (Phi) is 4.46. The number of aryl methyl sites for hydroxylation is 1. The largest absolute Gasteiger partial charge is 0.383 e. The summed E-state index contributed by atoms with van der Waals surface area (Å²) in [7, 11) is 1.82. The molecule has 2 rings (SSSR count). The molecule has 0 aliphatic heterocycles. The highest BCUT2D eigenvalue weighted by molar-refractivity contribution is 5.60. The van der Waals surface area contributed by atoms with Crippen LogP contribution in [0.4, 0.5) is 11.5 Å². The number of hydrogen-bond acceptors (Lipinski definition) is 5. The van der Waals surface area contributed by atoms with Crippen LogP contribution in [0.3, 0.4) is 0 Å². The quantitative estimate of drug-likeness (QED) is 0.707. The monoisotopic (exact) mass is 292 g/mol. The predicted molar refractivity (Wildman–Crippen MR) is 81.2 cm³/mol. The number of anilines is 2. The van der Waals surface area contributed by atoms with E-state index in [1.807, 2.05) is 20.2 Å². The van der Waals surface area contributed by atoms with Crippen molar-refractivity contribution in [1.82, 2.24) is 19.3 Å². The van der Waals surface area contributed by atoms with E-state index in [0.717, 1.165) is 18.4 Å². The minimum absolute atomic E-state index is 0.168. The standard InChI is InChI=1S/C13H20N6O2/c1-3-4-5-19-11(14)10(12(20)17-13(19)21)15-6-9-7-16-18(2)8-9/h7-8,15H,3-6,14H2,1-2H3,(H,17,20,21). The lowest BCUT2D eigenvalue weighted by Gasteiger charge is -2.13. The van der Waals surface area contributed by atoms with E-state index >= 15 is 0 Å². The van der Waals surface area contributed by atoms with Gasteiger partial charge in [0.2, 0.25) is 0 Å². The summed E-state index contributed by atoms with van der Waals surface area (Å²) in [4.78, 5) is 26.0. The summed E-state index contributed by atoms with van der Waals surface area (Å²) in [6.07, 6.45) is 5.29. The van der Waals surface area contributed by atoms with E-state index < -0.39 is 11.2 Å². The van der Waals surface area contributed by atoms with Gasteiger partial charge in [0.15, 0.2) is 0 Å². The third-order valence-corrected chi connectivity index (χ3v) is 3.20. The Hall–Kier alpha value is -2.51. The van der Waals surface area contributed by atoms with Gasteiger partial charge in [0.05, 0.1) is 6.20 Å². The van der Waals surface area contributed by atoms with Crippen molar-refractivity contribution >= 4 is 11.5 Å². The molecular weight excluding hydrogens is 272 g/mol. The summed E-state index contributed by atoms with van der Waals surface area (Å²) in [6, 6.07) is 0. The first kappa shape index (κ1) is 14.9. The molecule has 8 nitrogen and oxygen atoms in total. The molecule has 0 aliphatic carbocycles. The van der Waals surface area contributed by atoms with Gasteiger partial charge in [-0.2, -0.15) is 5.10 Å². The maximum atomic E-state index is 11.9. The highest BCUT2D eigenvalue weighted by atomic mass is 16.2. The maximum absolute atomic E-state index is 11.9. The molecule has 0 radical (unpaired) electrons. The third kappa shape index (κ3) is 3.33. The van der Waals surface area contributed by atoms with Crippen LogP contribution in [0.5, 0.6) is 0 Å². The lowest BCUT2D eigenvalue weighted by atomic mass is 10.3. The van der Waals surface area contributed by atoms with Crippen molar-refractivity contribution in [1.29, 1.82) is 0 Å². The summed E-state index contributed by atoms with van der Waals surface area (Å²) in [5.74, 6) is 0.168. The van der Waals surface area contributed by atoms with Gasteiger partial charge in [-0.15, -0.1) is 0 Å². The number of nitrogen functional groups attached to an aromatic ring is 1. The van der Waals surface area contributed by atoms with Crippen molar-refractivity contribution in [3.05, 3.63) is 38.8 Å². The van der Waals surface area contributed by atoms with Crippen LogP contribution in [0.25, 0.3) is 0 Å². The number of hydrogen-bond donors (Lipinski definition) is 3. The van der Waals surface area contributed by atoms with E-state index in [1.165, 1.54) is 4.57 Å². The first-order chi connectivity index (χ1) is 10.0. The first-order valence-electron chi connectivity index (χ1n) is 6.87. The number of nitrogens with zero attached hydrogens (tertiary/aromatic N) is 3. The van der Waals surface area contributed by atoms with Crippen molar-refractivity contribution in [2.24, 2.45) is 7.05 Å². The van der Waals surface area contributed by atoms with Crippen molar-refractivity contribution in [2.45, 2.75) is 32.9 Å². The second kappa shape index (κ2) is 6.29. The topological polar surface area (TPSA) is 111 Å². The smallest absolute Gasteiger partial charge is 0.330 e. The molecule has 2 aromatic rings. The predicted octanol–water partition coefficient (Wildman–Crippen LogP) is 0.265. The normalized spacial score (nSPS) is 10.8. The molecule has 0 atom stereocenters. The second-order valence-corrected chi connectivity index (χ2v) is 4.90. The third-order valence-electron chi connectivity index (χ3n) is 3.20. The molecule has 0 amide bonds. The first-order valence-corrected chi connectivity index (χ1v) is 6.87. The Balaban J connectivity index is 2.26. The van der Waals surface area contributed by atoms with Gasteiger partial charge < -0.3 is 11.1 Å². The van der Waals surface area contributed by atoms with Gasteiger partial charge in [-0.3, -0.25) is 19.0 Å². The molecule has 0 saturated heterocycles. The van der Waals surface area contributed by atoms with Gasteiger partial charge in [-0.1, -0.05) is 13.3 Å². The number of unbranched alkanes of at least 4 members (excludes halogenated alkanes) is 1. The molecule has 0 bridgehead atoms. The summed E-state index contributed by atoms with van der Waals surface area (Å²) < 4.78 is 3.06. The summed E-state index contributed by atoms with van der Waals surface area (Å²) in [5, 5.41) is 7.02. The van der Waals surface area contributed by atoms with E-state index in [1.54, 1.807) is 10.9 Å². The Labute approximate surface area is 121 Å². The van der Waals surface area contributed by atoms with Crippen molar-refractivity contribution in [3.63, 3.8) is 0 Å². The van der Waals surface area contributed by atoms with E-state index in [-0.39, 0.29) is 11.5 Å². The molecule has 21 heavy (non-hydrogen) atoms. The van der Waals surface area contributed by atoms with E-state index in [2.05, 4.69) is 15.4 Å². The van der Waals surface area contributed by atoms with Crippen LogP contribution in [0, 0.1) is 0 Å². The highest BCUT2D eigenvalue weighted by Gasteiger charge is 2.11. The van der Waals surface area contributed by atoms with E-state index in [4.69, 9.17) is 5.73 Å². The number of nitrogens with two attached hydrogens (primary N) is 1. The minimum Gasteiger partial charge on any atom is -0.383 e. The summed E-state index contributed by atoms with van der Waals surface area (Å²) >= 11 is 0. The number of aromatic nitrogens is 4. The average Bonchev–Trinajstić information content (AvgIpc) is 2.84. The summed E-state index contributed by atoms with van der Waals surface area (Å²) in [6.45, 7) is 2.92. The van der Waals surface area contributed by atoms with Crippen LogP contribution in [0.2, 0.25) is 0 Å². The van der Waals surface area contributed by atoms with Gasteiger partial charge in [-0.05, 0) is 6.42 Å². The van der Waals surface area contributed by atoms with Crippen LogP contribution in [-0.2, 0) is 20.1 Å². The van der Waals surface area contributed by atoms with Gasteiger partial charge in [-0.25, -0.2) is 4.79 Å². The molecule has 8 heteroatoms. The SMILES string of the molecule is CCCCn1c(N)c(NCc2cnn(C)c2)c(=O)[nH]c1=O. The molecule has 0 unspecified atom stereocenters. The van der Waals surface area contributed by atoms with Crippen molar-refractivity contribution in [2.75, 3.05) is 11.1 Å². The number of aromatic amines is 1. The fourth-order valence-corrected chi connectivity index (χ4v) is 2.05. The molecule has 4 N–H and O–H groups in total. The minimum atomic E-state index is -0.505. The van der Waals surface area contributed by atoms with Gasteiger partial charge in [0.25, 0.3) is 5.56 Å². The van der Waals surface area contributed by atoms with Crippen LogP contribution < -0.4 is 22.3 Å². The average molecular weight is 292 g/mol. The number of nitrogens with one attached hydrogen (secondary N) is 2. The van der Waals surface area contributed by atoms with E-state index in [0.29, 0.717) is 13.1 Å².